The van der Waals surface area contributed by atoms with Crippen LogP contribution in [0.3, 0.4) is 0 Å². The van der Waals surface area contributed by atoms with Crippen molar-refractivity contribution in [3.05, 3.63) is 35.1 Å². The van der Waals surface area contributed by atoms with Crippen LogP contribution in [-0.4, -0.2) is 4.98 Å². The largest absolute Gasteiger partial charge is 0.257 e. The molecule has 0 aliphatic rings. The Balaban J connectivity index is 3.16. The molecule has 0 radical (unpaired) electrons. The lowest BCUT2D eigenvalue weighted by Gasteiger charge is -1.96. The molecule has 0 atom stereocenters. The van der Waals surface area contributed by atoms with E-state index in [2.05, 4.69) is 11.6 Å². The maximum Gasteiger partial charge on any atom is 0.0638 e. The van der Waals surface area contributed by atoms with Crippen LogP contribution in [0.2, 0.25) is 5.02 Å². The SMILES string of the molecule is C=Cc1cc(Cl)c(C)cn1. The fraction of sp³-hybridized carbons (Fsp3) is 0.125. The highest BCUT2D eigenvalue weighted by molar-refractivity contribution is 6.31. The van der Waals surface area contributed by atoms with Crippen molar-refractivity contribution in [3.8, 4) is 0 Å². The Morgan fingerprint density at radius 3 is 2.90 bits per heavy atom. The Kier molecular flexibility index (Phi) is 2.07. The van der Waals surface area contributed by atoms with Crippen LogP contribution in [0.4, 0.5) is 0 Å². The summed E-state index contributed by atoms with van der Waals surface area (Å²) in [5.41, 5.74) is 1.81. The van der Waals surface area contributed by atoms with E-state index < -0.39 is 0 Å². The maximum atomic E-state index is 5.80. The first-order valence-electron chi connectivity index (χ1n) is 2.98. The van der Waals surface area contributed by atoms with Gasteiger partial charge in [-0.25, -0.2) is 0 Å². The number of hydrogen-bond acceptors (Lipinski definition) is 1. The molecule has 1 nitrogen and oxygen atoms in total. The maximum absolute atomic E-state index is 5.80. The van der Waals surface area contributed by atoms with E-state index in [-0.39, 0.29) is 0 Å². The van der Waals surface area contributed by atoms with Gasteiger partial charge in [0.15, 0.2) is 0 Å². The fourth-order valence-electron chi connectivity index (χ4n) is 0.626. The molecule has 10 heavy (non-hydrogen) atoms. The predicted octanol–water partition coefficient (Wildman–Crippen LogP) is 2.69. The van der Waals surface area contributed by atoms with E-state index in [1.807, 2.05) is 6.92 Å². The van der Waals surface area contributed by atoms with Crippen LogP contribution in [0, 0.1) is 6.92 Å². The van der Waals surface area contributed by atoms with Crippen LogP contribution in [-0.2, 0) is 0 Å². The normalized spacial score (nSPS) is 9.40. The average Bonchev–Trinajstić information content (AvgIpc) is 1.95. The van der Waals surface area contributed by atoms with Gasteiger partial charge in [-0.3, -0.25) is 4.98 Å². The summed E-state index contributed by atoms with van der Waals surface area (Å²) in [5, 5.41) is 0.741. The van der Waals surface area contributed by atoms with Gasteiger partial charge < -0.3 is 0 Å². The van der Waals surface area contributed by atoms with Crippen molar-refractivity contribution >= 4 is 17.7 Å². The Hall–Kier alpha value is -0.820. The van der Waals surface area contributed by atoms with Crippen LogP contribution in [0.5, 0.6) is 0 Å². The quantitative estimate of drug-likeness (QED) is 0.605. The lowest BCUT2D eigenvalue weighted by Crippen LogP contribution is -1.82. The summed E-state index contributed by atoms with van der Waals surface area (Å²) < 4.78 is 0. The molecule has 1 heterocycles. The van der Waals surface area contributed by atoms with Crippen LogP contribution in [0.15, 0.2) is 18.8 Å². The molecule has 0 saturated heterocycles. The molecule has 1 aromatic heterocycles. The molecular formula is C8H8ClN. The second kappa shape index (κ2) is 2.84. The molecule has 0 fully saturated rings. The standard InChI is InChI=1S/C8H8ClN/c1-3-7-4-8(9)6(2)5-10-7/h3-5H,1H2,2H3. The molecule has 0 unspecified atom stereocenters. The Morgan fingerprint density at radius 1 is 1.70 bits per heavy atom. The molecule has 2 heteroatoms. The third kappa shape index (κ3) is 1.36. The summed E-state index contributed by atoms with van der Waals surface area (Å²) in [7, 11) is 0. The Morgan fingerprint density at radius 2 is 2.40 bits per heavy atom. The second-order valence-electron chi connectivity index (χ2n) is 2.06. The lowest BCUT2D eigenvalue weighted by molar-refractivity contribution is 1.25. The minimum Gasteiger partial charge on any atom is -0.257 e. The van der Waals surface area contributed by atoms with Crippen molar-refractivity contribution in [2.75, 3.05) is 0 Å². The van der Waals surface area contributed by atoms with Crippen LogP contribution >= 0.6 is 11.6 Å². The third-order valence-corrected chi connectivity index (χ3v) is 1.67. The monoisotopic (exact) mass is 153 g/mol. The lowest BCUT2D eigenvalue weighted by atomic mass is 10.3. The number of nitrogens with zero attached hydrogens (tertiary/aromatic N) is 1. The van der Waals surface area contributed by atoms with Gasteiger partial charge in [0.25, 0.3) is 0 Å². The molecule has 1 aromatic rings. The van der Waals surface area contributed by atoms with Gasteiger partial charge in [0.2, 0.25) is 0 Å². The van der Waals surface area contributed by atoms with Gasteiger partial charge in [0, 0.05) is 11.2 Å². The first kappa shape index (κ1) is 7.29. The molecular weight excluding hydrogens is 146 g/mol. The van der Waals surface area contributed by atoms with Gasteiger partial charge in [-0.2, -0.15) is 0 Å². The fourth-order valence-corrected chi connectivity index (χ4v) is 0.786. The van der Waals surface area contributed by atoms with E-state index in [1.165, 1.54) is 0 Å². The summed E-state index contributed by atoms with van der Waals surface area (Å²) >= 11 is 5.80. The third-order valence-electron chi connectivity index (χ3n) is 1.27. The topological polar surface area (TPSA) is 12.9 Å². The molecule has 0 amide bonds. The minimum atomic E-state index is 0.741. The number of pyridine rings is 1. The number of rotatable bonds is 1. The van der Waals surface area contributed by atoms with E-state index in [0.29, 0.717) is 0 Å². The van der Waals surface area contributed by atoms with Gasteiger partial charge in [0.05, 0.1) is 5.69 Å². The van der Waals surface area contributed by atoms with Gasteiger partial charge in [0.1, 0.15) is 0 Å². The van der Waals surface area contributed by atoms with Crippen molar-refractivity contribution in [2.24, 2.45) is 0 Å². The van der Waals surface area contributed by atoms with E-state index in [9.17, 15) is 0 Å². The van der Waals surface area contributed by atoms with Crippen molar-refractivity contribution in [2.45, 2.75) is 6.92 Å². The summed E-state index contributed by atoms with van der Waals surface area (Å²) in [6, 6.07) is 1.80. The highest BCUT2D eigenvalue weighted by Crippen LogP contribution is 2.14. The number of aryl methyl sites for hydroxylation is 1. The molecule has 0 aliphatic carbocycles. The first-order chi connectivity index (χ1) is 4.74. The Labute approximate surface area is 65.4 Å². The van der Waals surface area contributed by atoms with Crippen molar-refractivity contribution in [3.63, 3.8) is 0 Å². The van der Waals surface area contributed by atoms with Crippen LogP contribution < -0.4 is 0 Å². The Bertz CT molecular complexity index is 255. The van der Waals surface area contributed by atoms with Crippen molar-refractivity contribution in [1.82, 2.24) is 4.98 Å². The highest BCUT2D eigenvalue weighted by Gasteiger charge is 1.94. The highest BCUT2D eigenvalue weighted by atomic mass is 35.5. The second-order valence-corrected chi connectivity index (χ2v) is 2.47. The predicted molar refractivity (Wildman–Crippen MR) is 44.1 cm³/mol. The van der Waals surface area contributed by atoms with Gasteiger partial charge in [-0.15, -0.1) is 0 Å². The first-order valence-corrected chi connectivity index (χ1v) is 3.36. The van der Waals surface area contributed by atoms with Crippen LogP contribution in [0.1, 0.15) is 11.3 Å². The smallest absolute Gasteiger partial charge is 0.0638 e. The van der Waals surface area contributed by atoms with Crippen molar-refractivity contribution in [1.29, 1.82) is 0 Å². The molecule has 0 aromatic carbocycles. The van der Waals surface area contributed by atoms with Gasteiger partial charge >= 0.3 is 0 Å². The van der Waals surface area contributed by atoms with E-state index in [1.54, 1.807) is 18.3 Å². The summed E-state index contributed by atoms with van der Waals surface area (Å²) in [6.07, 6.45) is 3.41. The van der Waals surface area contributed by atoms with Gasteiger partial charge in [-0.1, -0.05) is 18.2 Å². The van der Waals surface area contributed by atoms with Gasteiger partial charge in [-0.05, 0) is 24.6 Å². The summed E-state index contributed by atoms with van der Waals surface area (Å²) in [5.74, 6) is 0. The minimum absolute atomic E-state index is 0.741. The number of halogens is 1. The number of aromatic nitrogens is 1. The molecule has 0 bridgehead atoms. The molecule has 0 saturated carbocycles. The molecule has 0 aliphatic heterocycles. The molecule has 1 rings (SSSR count). The van der Waals surface area contributed by atoms with Crippen LogP contribution in [0.25, 0.3) is 6.08 Å². The van der Waals surface area contributed by atoms with E-state index >= 15 is 0 Å². The number of hydrogen-bond donors (Lipinski definition) is 0. The zero-order chi connectivity index (χ0) is 7.56. The molecule has 0 spiro atoms. The van der Waals surface area contributed by atoms with Crippen molar-refractivity contribution < 1.29 is 0 Å². The molecule has 0 N–H and O–H groups in total. The van der Waals surface area contributed by atoms with E-state index in [0.717, 1.165) is 16.3 Å². The zero-order valence-electron chi connectivity index (χ0n) is 5.76. The molecule has 52 valence electrons. The average molecular weight is 154 g/mol. The van der Waals surface area contributed by atoms with E-state index in [4.69, 9.17) is 11.6 Å². The zero-order valence-corrected chi connectivity index (χ0v) is 6.52. The summed E-state index contributed by atoms with van der Waals surface area (Å²) in [6.45, 7) is 5.50. The summed E-state index contributed by atoms with van der Waals surface area (Å²) in [4.78, 5) is 4.06.